The topological polar surface area (TPSA) is 66.4 Å². The molecule has 0 aromatic rings. The van der Waals surface area contributed by atoms with Gasteiger partial charge >= 0.3 is 5.97 Å². The van der Waals surface area contributed by atoms with Crippen molar-refractivity contribution in [2.45, 2.75) is 6.42 Å². The highest BCUT2D eigenvalue weighted by atomic mass is 16.4. The van der Waals surface area contributed by atoms with E-state index in [1.807, 2.05) is 0 Å². The number of hydrogen-bond acceptors (Lipinski definition) is 3. The number of allylic oxidation sites excluding steroid dienone is 1. The third-order valence-corrected chi connectivity index (χ3v) is 0.980. The molecule has 0 aromatic carbocycles. The number of rotatable bonds is 5. The average Bonchev–Trinajstić information content (AvgIpc) is 1.87. The number of nitrogens with one attached hydrogen (secondary N) is 1. The van der Waals surface area contributed by atoms with Crippen LogP contribution in [0.15, 0.2) is 12.2 Å². The highest BCUT2D eigenvalue weighted by Crippen LogP contribution is 1.84. The minimum atomic E-state index is -1.03. The van der Waals surface area contributed by atoms with Gasteiger partial charge in [0.2, 0.25) is 0 Å². The number of carboxylic acids is 1. The Balaban J connectivity index is 3.53. The fraction of sp³-hybridized carbons (Fsp3) is 0.429. The molecule has 0 unspecified atom stereocenters. The second-order valence-electron chi connectivity index (χ2n) is 2.01. The van der Waals surface area contributed by atoms with Crippen molar-refractivity contribution in [1.82, 2.24) is 5.32 Å². The highest BCUT2D eigenvalue weighted by Gasteiger charge is 1.95. The lowest BCUT2D eigenvalue weighted by Gasteiger charge is -1.92. The summed E-state index contributed by atoms with van der Waals surface area (Å²) in [5, 5.41) is 10.8. The molecule has 0 fully saturated rings. The molecule has 0 radical (unpaired) electrons. The molecule has 0 aromatic heterocycles. The van der Waals surface area contributed by atoms with Crippen LogP contribution in [0.2, 0.25) is 0 Å². The molecular formula is C7H11NO3. The lowest BCUT2D eigenvalue weighted by atomic mass is 10.2. The normalized spacial score (nSPS) is 10.3. The van der Waals surface area contributed by atoms with Crippen LogP contribution in [0, 0.1) is 0 Å². The second kappa shape index (κ2) is 5.61. The Kier molecular flexibility index (Phi) is 5.02. The second-order valence-corrected chi connectivity index (χ2v) is 2.01. The third-order valence-electron chi connectivity index (χ3n) is 0.980. The van der Waals surface area contributed by atoms with E-state index in [4.69, 9.17) is 5.11 Å². The number of likely N-dealkylation sites (N-methyl/N-ethyl adjacent to an activating group) is 1. The summed E-state index contributed by atoms with van der Waals surface area (Å²) in [6.07, 6.45) is 2.47. The van der Waals surface area contributed by atoms with Crippen LogP contribution in [-0.4, -0.2) is 30.5 Å². The van der Waals surface area contributed by atoms with Crippen molar-refractivity contribution in [3.05, 3.63) is 12.2 Å². The Hall–Kier alpha value is -1.16. The van der Waals surface area contributed by atoms with Gasteiger partial charge in [0.1, 0.15) is 5.78 Å². The lowest BCUT2D eigenvalue weighted by Crippen LogP contribution is -2.17. The number of hydrogen-bond donors (Lipinski definition) is 2. The largest absolute Gasteiger partial charge is 0.478 e. The molecule has 11 heavy (non-hydrogen) atoms. The minimum absolute atomic E-state index is 0.0231. The smallest absolute Gasteiger partial charge is 0.327 e. The van der Waals surface area contributed by atoms with Crippen LogP contribution >= 0.6 is 0 Å². The van der Waals surface area contributed by atoms with Gasteiger partial charge < -0.3 is 10.4 Å². The summed E-state index contributed by atoms with van der Waals surface area (Å²) in [6, 6.07) is 0. The molecule has 0 bridgehead atoms. The van der Waals surface area contributed by atoms with E-state index in [9.17, 15) is 9.59 Å². The first-order valence-electron chi connectivity index (χ1n) is 3.22. The molecule has 62 valence electrons. The summed E-state index contributed by atoms with van der Waals surface area (Å²) in [6.45, 7) is 0.282. The maximum absolute atomic E-state index is 10.7. The number of aliphatic carboxylic acids is 1. The van der Waals surface area contributed by atoms with Crippen molar-refractivity contribution in [3.8, 4) is 0 Å². The maximum Gasteiger partial charge on any atom is 0.327 e. The van der Waals surface area contributed by atoms with E-state index in [0.717, 1.165) is 6.08 Å². The van der Waals surface area contributed by atoms with Gasteiger partial charge in [0.15, 0.2) is 0 Å². The van der Waals surface area contributed by atoms with E-state index >= 15 is 0 Å². The van der Waals surface area contributed by atoms with Crippen LogP contribution < -0.4 is 5.32 Å². The molecule has 0 saturated carbocycles. The first kappa shape index (κ1) is 9.84. The molecule has 4 nitrogen and oxygen atoms in total. The van der Waals surface area contributed by atoms with Gasteiger partial charge in [-0.2, -0.15) is 0 Å². The van der Waals surface area contributed by atoms with Crippen molar-refractivity contribution in [2.75, 3.05) is 13.6 Å². The lowest BCUT2D eigenvalue weighted by molar-refractivity contribution is -0.131. The van der Waals surface area contributed by atoms with E-state index in [1.165, 1.54) is 6.08 Å². The van der Waals surface area contributed by atoms with Gasteiger partial charge in [-0.15, -0.1) is 0 Å². The Bertz CT molecular complexity index is 175. The van der Waals surface area contributed by atoms with E-state index in [1.54, 1.807) is 7.05 Å². The van der Waals surface area contributed by atoms with Gasteiger partial charge in [-0.25, -0.2) is 4.79 Å². The Morgan fingerprint density at radius 1 is 1.55 bits per heavy atom. The van der Waals surface area contributed by atoms with Crippen LogP contribution in [0.5, 0.6) is 0 Å². The predicted octanol–water partition coefficient (Wildman–Crippen LogP) is -0.194. The first-order chi connectivity index (χ1) is 5.16. The van der Waals surface area contributed by atoms with Crippen LogP contribution in [0.3, 0.4) is 0 Å². The SMILES string of the molecule is CNCC(=O)C/C=C/C(=O)O. The van der Waals surface area contributed by atoms with Crippen molar-refractivity contribution >= 4 is 11.8 Å². The molecule has 0 spiro atoms. The van der Waals surface area contributed by atoms with Crippen LogP contribution in [0.4, 0.5) is 0 Å². The molecule has 0 atom stereocenters. The first-order valence-corrected chi connectivity index (χ1v) is 3.22. The van der Waals surface area contributed by atoms with E-state index in [2.05, 4.69) is 5.32 Å². The van der Waals surface area contributed by atoms with Gasteiger partial charge in [0.25, 0.3) is 0 Å². The van der Waals surface area contributed by atoms with Gasteiger partial charge in [0.05, 0.1) is 6.54 Å². The van der Waals surface area contributed by atoms with Gasteiger partial charge in [-0.1, -0.05) is 6.08 Å². The number of carboxylic acid groups (broad SMARTS) is 1. The Morgan fingerprint density at radius 2 is 2.18 bits per heavy atom. The zero-order valence-electron chi connectivity index (χ0n) is 6.33. The van der Waals surface area contributed by atoms with Gasteiger partial charge in [-0.05, 0) is 7.05 Å². The standard InChI is InChI=1S/C7H11NO3/c1-8-5-6(9)3-2-4-7(10)11/h2,4,8H,3,5H2,1H3,(H,10,11)/b4-2+. The van der Waals surface area contributed by atoms with Crippen LogP contribution in [0.25, 0.3) is 0 Å². The average molecular weight is 157 g/mol. The molecule has 0 amide bonds. The van der Waals surface area contributed by atoms with Gasteiger partial charge in [0, 0.05) is 12.5 Å². The molecule has 0 heterocycles. The highest BCUT2D eigenvalue weighted by molar-refractivity contribution is 5.84. The molecule has 0 aliphatic rings. The predicted molar refractivity (Wildman–Crippen MR) is 40.3 cm³/mol. The minimum Gasteiger partial charge on any atom is -0.478 e. The fourth-order valence-corrected chi connectivity index (χ4v) is 0.561. The maximum atomic E-state index is 10.7. The van der Waals surface area contributed by atoms with E-state index in [0.29, 0.717) is 0 Å². The number of Topliss-reactive ketones (excluding diaryl/α,β-unsaturated/α-hetero) is 1. The monoisotopic (exact) mass is 157 g/mol. The molecule has 0 aliphatic carbocycles. The van der Waals surface area contributed by atoms with Gasteiger partial charge in [-0.3, -0.25) is 4.79 Å². The zero-order chi connectivity index (χ0) is 8.69. The zero-order valence-corrected chi connectivity index (χ0v) is 6.33. The Morgan fingerprint density at radius 3 is 2.64 bits per heavy atom. The molecule has 0 rings (SSSR count). The van der Waals surface area contributed by atoms with E-state index < -0.39 is 5.97 Å². The van der Waals surface area contributed by atoms with Crippen molar-refractivity contribution in [1.29, 1.82) is 0 Å². The molecule has 0 saturated heterocycles. The van der Waals surface area contributed by atoms with Crippen LogP contribution in [0.1, 0.15) is 6.42 Å². The number of carbonyl (C=O) groups is 2. The number of ketones is 1. The van der Waals surface area contributed by atoms with Crippen molar-refractivity contribution in [3.63, 3.8) is 0 Å². The summed E-state index contributed by atoms with van der Waals surface area (Å²) in [5.41, 5.74) is 0. The third kappa shape index (κ3) is 6.73. The summed E-state index contributed by atoms with van der Waals surface area (Å²) >= 11 is 0. The summed E-state index contributed by atoms with van der Waals surface area (Å²) in [4.78, 5) is 20.6. The summed E-state index contributed by atoms with van der Waals surface area (Å²) in [5.74, 6) is -1.05. The van der Waals surface area contributed by atoms with Crippen LogP contribution in [-0.2, 0) is 9.59 Å². The fourth-order valence-electron chi connectivity index (χ4n) is 0.561. The number of carbonyl (C=O) groups excluding carboxylic acids is 1. The van der Waals surface area contributed by atoms with Crippen molar-refractivity contribution in [2.24, 2.45) is 0 Å². The molecule has 4 heteroatoms. The molecule has 2 N–H and O–H groups in total. The van der Waals surface area contributed by atoms with Crippen molar-refractivity contribution < 1.29 is 14.7 Å². The summed E-state index contributed by atoms with van der Waals surface area (Å²) < 4.78 is 0. The quantitative estimate of drug-likeness (QED) is 0.543. The molecule has 0 aliphatic heterocycles. The Labute approximate surface area is 64.9 Å². The summed E-state index contributed by atoms with van der Waals surface area (Å²) in [7, 11) is 1.67. The molecular weight excluding hydrogens is 146 g/mol. The van der Waals surface area contributed by atoms with E-state index in [-0.39, 0.29) is 18.7 Å².